The highest BCUT2D eigenvalue weighted by Gasteiger charge is 2.09. The van der Waals surface area contributed by atoms with E-state index in [0.717, 1.165) is 0 Å². The minimum absolute atomic E-state index is 0.182. The maximum absolute atomic E-state index is 13.5. The first-order valence-corrected chi connectivity index (χ1v) is 8.32. The van der Waals surface area contributed by atoms with E-state index in [0.29, 0.717) is 29.4 Å². The summed E-state index contributed by atoms with van der Waals surface area (Å²) >= 11 is 0. The van der Waals surface area contributed by atoms with E-state index in [4.69, 9.17) is 4.74 Å². The van der Waals surface area contributed by atoms with Crippen LogP contribution < -0.4 is 15.4 Å². The van der Waals surface area contributed by atoms with E-state index in [-0.39, 0.29) is 18.1 Å². The van der Waals surface area contributed by atoms with Gasteiger partial charge in [-0.15, -0.1) is 0 Å². The summed E-state index contributed by atoms with van der Waals surface area (Å²) < 4.78 is 19.4. The summed E-state index contributed by atoms with van der Waals surface area (Å²) in [4.78, 5) is 12.2. The normalized spacial score (nSPS) is 10.2. The molecule has 0 atom stereocenters. The minimum atomic E-state index is -0.338. The fourth-order valence-corrected chi connectivity index (χ4v) is 2.40. The lowest BCUT2D eigenvalue weighted by atomic mass is 10.2. The Morgan fingerprint density at radius 3 is 2.27 bits per heavy atom. The SMILES string of the molecule is O=C(CCNc1ccccc1F)Nc1ccccc1Oc1ccccc1. The van der Waals surface area contributed by atoms with Crippen LogP contribution in [0.15, 0.2) is 78.9 Å². The van der Waals surface area contributed by atoms with Crippen molar-refractivity contribution in [2.24, 2.45) is 0 Å². The molecule has 26 heavy (non-hydrogen) atoms. The van der Waals surface area contributed by atoms with Gasteiger partial charge in [-0.3, -0.25) is 4.79 Å². The van der Waals surface area contributed by atoms with Crippen molar-refractivity contribution >= 4 is 17.3 Å². The maximum Gasteiger partial charge on any atom is 0.226 e. The average molecular weight is 350 g/mol. The topological polar surface area (TPSA) is 50.4 Å². The van der Waals surface area contributed by atoms with E-state index in [1.54, 1.807) is 30.3 Å². The highest BCUT2D eigenvalue weighted by molar-refractivity contribution is 5.92. The predicted molar refractivity (Wildman–Crippen MR) is 101 cm³/mol. The molecule has 0 fully saturated rings. The number of carbonyl (C=O) groups is 1. The van der Waals surface area contributed by atoms with Crippen LogP contribution in [-0.4, -0.2) is 12.5 Å². The van der Waals surface area contributed by atoms with Crippen molar-refractivity contribution in [3.8, 4) is 11.5 Å². The van der Waals surface area contributed by atoms with Crippen molar-refractivity contribution in [2.75, 3.05) is 17.2 Å². The molecule has 2 N–H and O–H groups in total. The van der Waals surface area contributed by atoms with Crippen LogP contribution in [0.4, 0.5) is 15.8 Å². The Bertz CT molecular complexity index is 869. The van der Waals surface area contributed by atoms with Gasteiger partial charge >= 0.3 is 0 Å². The number of rotatable bonds is 7. The van der Waals surface area contributed by atoms with Crippen LogP contribution in [0, 0.1) is 5.82 Å². The molecule has 0 aromatic heterocycles. The highest BCUT2D eigenvalue weighted by atomic mass is 19.1. The number of halogens is 1. The first kappa shape index (κ1) is 17.5. The van der Waals surface area contributed by atoms with Gasteiger partial charge in [-0.2, -0.15) is 0 Å². The second kappa shape index (κ2) is 8.67. The van der Waals surface area contributed by atoms with Gasteiger partial charge in [0.2, 0.25) is 5.91 Å². The third-order valence-corrected chi connectivity index (χ3v) is 3.67. The number of amides is 1. The van der Waals surface area contributed by atoms with Gasteiger partial charge in [-0.25, -0.2) is 4.39 Å². The van der Waals surface area contributed by atoms with Gasteiger partial charge in [-0.05, 0) is 36.4 Å². The third kappa shape index (κ3) is 4.83. The van der Waals surface area contributed by atoms with Crippen LogP contribution in [-0.2, 0) is 4.79 Å². The summed E-state index contributed by atoms with van der Waals surface area (Å²) in [6.07, 6.45) is 0.202. The van der Waals surface area contributed by atoms with Crippen molar-refractivity contribution in [1.82, 2.24) is 0 Å². The molecule has 0 aliphatic rings. The molecule has 3 aromatic carbocycles. The summed E-state index contributed by atoms with van der Waals surface area (Å²) in [6, 6.07) is 23.0. The lowest BCUT2D eigenvalue weighted by Gasteiger charge is -2.12. The summed E-state index contributed by atoms with van der Waals surface area (Å²) in [6.45, 7) is 0.328. The van der Waals surface area contributed by atoms with Gasteiger partial charge in [-0.1, -0.05) is 42.5 Å². The zero-order valence-corrected chi connectivity index (χ0v) is 14.1. The van der Waals surface area contributed by atoms with E-state index in [9.17, 15) is 9.18 Å². The quantitative estimate of drug-likeness (QED) is 0.626. The standard InChI is InChI=1S/C21H19FN2O2/c22-17-10-4-5-11-18(17)23-15-14-21(25)24-19-12-6-7-13-20(19)26-16-8-2-1-3-9-16/h1-13,23H,14-15H2,(H,24,25). The molecule has 1 amide bonds. The van der Waals surface area contributed by atoms with Gasteiger partial charge < -0.3 is 15.4 Å². The molecule has 0 saturated heterocycles. The molecule has 0 saturated carbocycles. The number of hydrogen-bond acceptors (Lipinski definition) is 3. The van der Waals surface area contributed by atoms with Crippen molar-refractivity contribution in [2.45, 2.75) is 6.42 Å². The first-order valence-electron chi connectivity index (χ1n) is 8.32. The molecule has 3 aromatic rings. The molecule has 0 aliphatic carbocycles. The zero-order valence-electron chi connectivity index (χ0n) is 14.1. The number of nitrogens with one attached hydrogen (secondary N) is 2. The number of ether oxygens (including phenoxy) is 1. The molecule has 5 heteroatoms. The van der Waals surface area contributed by atoms with Crippen LogP contribution in [0.25, 0.3) is 0 Å². The molecule has 0 aliphatic heterocycles. The zero-order chi connectivity index (χ0) is 18.2. The fourth-order valence-electron chi connectivity index (χ4n) is 2.40. The first-order chi connectivity index (χ1) is 12.7. The Labute approximate surface area is 151 Å². The number of benzene rings is 3. The van der Waals surface area contributed by atoms with Gasteiger partial charge in [0, 0.05) is 13.0 Å². The van der Waals surface area contributed by atoms with Crippen molar-refractivity contribution in [1.29, 1.82) is 0 Å². The van der Waals surface area contributed by atoms with Gasteiger partial charge in [0.05, 0.1) is 11.4 Å². The van der Waals surface area contributed by atoms with Crippen LogP contribution in [0.3, 0.4) is 0 Å². The Morgan fingerprint density at radius 1 is 0.846 bits per heavy atom. The predicted octanol–water partition coefficient (Wildman–Crippen LogP) is 5.06. The minimum Gasteiger partial charge on any atom is -0.455 e. The van der Waals surface area contributed by atoms with Crippen molar-refractivity contribution in [3.63, 3.8) is 0 Å². The number of para-hydroxylation sites is 4. The summed E-state index contributed by atoms with van der Waals surface area (Å²) in [5.74, 6) is 0.733. The summed E-state index contributed by atoms with van der Waals surface area (Å²) in [5, 5.41) is 5.75. The number of anilines is 2. The lowest BCUT2D eigenvalue weighted by molar-refractivity contribution is -0.116. The molecule has 0 bridgehead atoms. The molecule has 132 valence electrons. The Morgan fingerprint density at radius 2 is 1.50 bits per heavy atom. The molecule has 0 heterocycles. The molecule has 3 rings (SSSR count). The fraction of sp³-hybridized carbons (Fsp3) is 0.0952. The van der Waals surface area contributed by atoms with Gasteiger partial charge in [0.15, 0.2) is 5.75 Å². The van der Waals surface area contributed by atoms with E-state index >= 15 is 0 Å². The molecular weight excluding hydrogens is 331 g/mol. The monoisotopic (exact) mass is 350 g/mol. The van der Waals surface area contributed by atoms with Crippen molar-refractivity contribution in [3.05, 3.63) is 84.7 Å². The van der Waals surface area contributed by atoms with Crippen LogP contribution in [0.1, 0.15) is 6.42 Å². The van der Waals surface area contributed by atoms with Crippen molar-refractivity contribution < 1.29 is 13.9 Å². The molecule has 4 nitrogen and oxygen atoms in total. The smallest absolute Gasteiger partial charge is 0.226 e. The van der Waals surface area contributed by atoms with Crippen LogP contribution >= 0.6 is 0 Å². The van der Waals surface area contributed by atoms with E-state index in [2.05, 4.69) is 10.6 Å². The Kier molecular flexibility index (Phi) is 5.83. The average Bonchev–Trinajstić information content (AvgIpc) is 2.66. The van der Waals surface area contributed by atoms with E-state index in [1.807, 2.05) is 42.5 Å². The third-order valence-electron chi connectivity index (χ3n) is 3.67. The maximum atomic E-state index is 13.5. The van der Waals surface area contributed by atoms with Crippen LogP contribution in [0.2, 0.25) is 0 Å². The molecule has 0 radical (unpaired) electrons. The Hall–Kier alpha value is -3.34. The highest BCUT2D eigenvalue weighted by Crippen LogP contribution is 2.29. The largest absolute Gasteiger partial charge is 0.455 e. The molecule has 0 spiro atoms. The van der Waals surface area contributed by atoms with Gasteiger partial charge in [0.1, 0.15) is 11.6 Å². The summed E-state index contributed by atoms with van der Waals surface area (Å²) in [7, 11) is 0. The second-order valence-corrected chi connectivity index (χ2v) is 5.62. The summed E-state index contributed by atoms with van der Waals surface area (Å²) in [5.41, 5.74) is 0.973. The van der Waals surface area contributed by atoms with Crippen LogP contribution in [0.5, 0.6) is 11.5 Å². The van der Waals surface area contributed by atoms with E-state index in [1.165, 1.54) is 6.07 Å². The number of carbonyl (C=O) groups excluding carboxylic acids is 1. The van der Waals surface area contributed by atoms with Gasteiger partial charge in [0.25, 0.3) is 0 Å². The molecule has 0 unspecified atom stereocenters. The lowest BCUT2D eigenvalue weighted by Crippen LogP contribution is -2.17. The number of hydrogen-bond donors (Lipinski definition) is 2. The Balaban J connectivity index is 1.57. The van der Waals surface area contributed by atoms with E-state index < -0.39 is 0 Å². The second-order valence-electron chi connectivity index (χ2n) is 5.62. The molecular formula is C21H19FN2O2.